The molecule has 0 heterocycles. The lowest BCUT2D eigenvalue weighted by atomic mass is 10.2. The van der Waals surface area contributed by atoms with Crippen LogP contribution in [-0.4, -0.2) is 21.4 Å². The summed E-state index contributed by atoms with van der Waals surface area (Å²) < 4.78 is 67.1. The number of amides is 1. The fourth-order valence-corrected chi connectivity index (χ4v) is 3.83. The number of carbonyl (C=O) groups is 1. The van der Waals surface area contributed by atoms with Gasteiger partial charge < -0.3 is 5.32 Å². The summed E-state index contributed by atoms with van der Waals surface area (Å²) >= 11 is 0. The number of rotatable bonds is 5. The molecule has 1 amide bonds. The van der Waals surface area contributed by atoms with Crippen LogP contribution >= 0.6 is 0 Å². The number of carbonyl (C=O) groups excluding carboxylic acids is 1. The van der Waals surface area contributed by atoms with Crippen LogP contribution in [0.2, 0.25) is 0 Å². The summed E-state index contributed by atoms with van der Waals surface area (Å²) in [5, 5.41) is 2.25. The van der Waals surface area contributed by atoms with E-state index in [1.807, 2.05) is 0 Å². The summed E-state index contributed by atoms with van der Waals surface area (Å²) in [6.45, 7) is 0. The van der Waals surface area contributed by atoms with Crippen LogP contribution in [0, 0.1) is 17.5 Å². The Balaban J connectivity index is 1.90. The predicted molar refractivity (Wildman–Crippen MR) is 103 cm³/mol. The van der Waals surface area contributed by atoms with Gasteiger partial charge in [-0.25, -0.2) is 21.6 Å². The Morgan fingerprint density at radius 1 is 0.897 bits per heavy atom. The highest BCUT2D eigenvalue weighted by molar-refractivity contribution is 7.92. The standard InChI is InChI=1S/C20H15F3N2O3S/c1-25(19-8-3-2-7-16(19)22)29(27,28)15-6-4-5-13(11-15)20(26)24-18-10-9-14(21)12-17(18)23/h2-12H,1H3,(H,24,26). The van der Waals surface area contributed by atoms with Crippen molar-refractivity contribution in [3.05, 3.63) is 89.7 Å². The van der Waals surface area contributed by atoms with Crippen molar-refractivity contribution in [1.82, 2.24) is 0 Å². The van der Waals surface area contributed by atoms with Crippen LogP contribution in [0.3, 0.4) is 0 Å². The van der Waals surface area contributed by atoms with Crippen LogP contribution in [0.5, 0.6) is 0 Å². The maximum Gasteiger partial charge on any atom is 0.264 e. The third-order valence-electron chi connectivity index (χ3n) is 4.13. The van der Waals surface area contributed by atoms with Gasteiger partial charge in [-0.15, -0.1) is 0 Å². The molecule has 0 aromatic heterocycles. The molecule has 0 fully saturated rings. The second-order valence-corrected chi connectivity index (χ2v) is 8.00. The molecule has 0 bridgehead atoms. The second kappa shape index (κ2) is 7.96. The van der Waals surface area contributed by atoms with Crippen molar-refractivity contribution in [1.29, 1.82) is 0 Å². The number of halogens is 3. The van der Waals surface area contributed by atoms with Gasteiger partial charge in [-0.1, -0.05) is 18.2 Å². The Hall–Kier alpha value is -3.33. The van der Waals surface area contributed by atoms with E-state index in [1.54, 1.807) is 0 Å². The van der Waals surface area contributed by atoms with Gasteiger partial charge in [0.1, 0.15) is 17.5 Å². The van der Waals surface area contributed by atoms with E-state index in [4.69, 9.17) is 0 Å². The summed E-state index contributed by atoms with van der Waals surface area (Å²) in [7, 11) is -2.98. The van der Waals surface area contributed by atoms with E-state index in [0.717, 1.165) is 28.6 Å². The minimum Gasteiger partial charge on any atom is -0.319 e. The average molecular weight is 420 g/mol. The molecule has 3 aromatic carbocycles. The Morgan fingerprint density at radius 2 is 1.62 bits per heavy atom. The first kappa shape index (κ1) is 20.4. The van der Waals surface area contributed by atoms with Gasteiger partial charge in [-0.2, -0.15) is 0 Å². The topological polar surface area (TPSA) is 66.5 Å². The summed E-state index contributed by atoms with van der Waals surface area (Å²) in [5.74, 6) is -3.29. The minimum atomic E-state index is -4.17. The Labute approximate surface area is 165 Å². The summed E-state index contributed by atoms with van der Waals surface area (Å²) in [6.07, 6.45) is 0. The molecule has 5 nitrogen and oxygen atoms in total. The molecule has 0 aliphatic rings. The molecule has 0 saturated heterocycles. The predicted octanol–water partition coefficient (Wildman–Crippen LogP) is 4.18. The maximum absolute atomic E-state index is 14.0. The molecule has 0 aliphatic heterocycles. The number of nitrogens with zero attached hydrogens (tertiary/aromatic N) is 1. The smallest absolute Gasteiger partial charge is 0.264 e. The van der Waals surface area contributed by atoms with Crippen molar-refractivity contribution in [2.75, 3.05) is 16.7 Å². The molecule has 1 N–H and O–H groups in total. The molecule has 9 heteroatoms. The lowest BCUT2D eigenvalue weighted by Crippen LogP contribution is -2.27. The Bertz CT molecular complexity index is 1180. The van der Waals surface area contributed by atoms with Crippen LogP contribution in [0.15, 0.2) is 71.6 Å². The molecular formula is C20H15F3N2O3S. The molecule has 0 radical (unpaired) electrons. The van der Waals surface area contributed by atoms with Crippen molar-refractivity contribution in [3.8, 4) is 0 Å². The van der Waals surface area contributed by atoms with Gasteiger partial charge in [0.25, 0.3) is 15.9 Å². The first-order valence-electron chi connectivity index (χ1n) is 8.30. The van der Waals surface area contributed by atoms with E-state index >= 15 is 0 Å². The molecule has 0 atom stereocenters. The quantitative estimate of drug-likeness (QED) is 0.673. The van der Waals surface area contributed by atoms with E-state index in [-0.39, 0.29) is 21.8 Å². The van der Waals surface area contributed by atoms with E-state index in [2.05, 4.69) is 5.32 Å². The number of sulfonamides is 1. The zero-order chi connectivity index (χ0) is 21.2. The third-order valence-corrected chi connectivity index (χ3v) is 5.89. The number of hydrogen-bond donors (Lipinski definition) is 1. The van der Waals surface area contributed by atoms with Gasteiger partial charge >= 0.3 is 0 Å². The van der Waals surface area contributed by atoms with E-state index in [1.165, 1.54) is 43.4 Å². The number of benzene rings is 3. The van der Waals surface area contributed by atoms with Crippen molar-refractivity contribution in [3.63, 3.8) is 0 Å². The Morgan fingerprint density at radius 3 is 2.31 bits per heavy atom. The van der Waals surface area contributed by atoms with Crippen LogP contribution < -0.4 is 9.62 Å². The van der Waals surface area contributed by atoms with Gasteiger partial charge in [0.2, 0.25) is 0 Å². The first-order valence-corrected chi connectivity index (χ1v) is 9.74. The molecule has 3 rings (SSSR count). The Kier molecular flexibility index (Phi) is 5.60. The number of hydrogen-bond acceptors (Lipinski definition) is 3. The molecule has 150 valence electrons. The average Bonchev–Trinajstić information content (AvgIpc) is 2.70. The summed E-state index contributed by atoms with van der Waals surface area (Å²) in [5.41, 5.74) is -0.486. The molecule has 0 aliphatic carbocycles. The number of anilines is 2. The van der Waals surface area contributed by atoms with Crippen LogP contribution in [0.25, 0.3) is 0 Å². The van der Waals surface area contributed by atoms with Crippen LogP contribution in [0.4, 0.5) is 24.5 Å². The number of nitrogens with one attached hydrogen (secondary N) is 1. The fraction of sp³-hybridized carbons (Fsp3) is 0.0500. The highest BCUT2D eigenvalue weighted by Gasteiger charge is 2.24. The molecule has 0 spiro atoms. The fourth-order valence-electron chi connectivity index (χ4n) is 2.58. The summed E-state index contributed by atoms with van der Waals surface area (Å²) in [6, 6.07) is 13.0. The van der Waals surface area contributed by atoms with Gasteiger partial charge in [0, 0.05) is 18.7 Å². The van der Waals surface area contributed by atoms with Crippen molar-refractivity contribution in [2.24, 2.45) is 0 Å². The van der Waals surface area contributed by atoms with E-state index < -0.39 is 33.4 Å². The lowest BCUT2D eigenvalue weighted by molar-refractivity contribution is 0.102. The largest absolute Gasteiger partial charge is 0.319 e. The summed E-state index contributed by atoms with van der Waals surface area (Å²) in [4.78, 5) is 12.1. The SMILES string of the molecule is CN(c1ccccc1F)S(=O)(=O)c1cccc(C(=O)Nc2ccc(F)cc2F)c1. The second-order valence-electron chi connectivity index (χ2n) is 6.03. The third kappa shape index (κ3) is 4.24. The van der Waals surface area contributed by atoms with Gasteiger partial charge in [0.15, 0.2) is 0 Å². The highest BCUT2D eigenvalue weighted by Crippen LogP contribution is 2.25. The van der Waals surface area contributed by atoms with Gasteiger partial charge in [0.05, 0.1) is 16.3 Å². The molecular weight excluding hydrogens is 405 g/mol. The van der Waals surface area contributed by atoms with E-state index in [0.29, 0.717) is 6.07 Å². The number of para-hydroxylation sites is 1. The maximum atomic E-state index is 14.0. The van der Waals surface area contributed by atoms with Crippen molar-refractivity contribution < 1.29 is 26.4 Å². The zero-order valence-electron chi connectivity index (χ0n) is 15.1. The first-order chi connectivity index (χ1) is 13.7. The van der Waals surface area contributed by atoms with E-state index in [9.17, 15) is 26.4 Å². The molecule has 0 saturated carbocycles. The monoisotopic (exact) mass is 420 g/mol. The normalized spacial score (nSPS) is 11.2. The minimum absolute atomic E-state index is 0.0725. The lowest BCUT2D eigenvalue weighted by Gasteiger charge is -2.20. The van der Waals surface area contributed by atoms with Gasteiger partial charge in [-0.3, -0.25) is 9.10 Å². The molecule has 0 unspecified atom stereocenters. The van der Waals surface area contributed by atoms with Gasteiger partial charge in [-0.05, 0) is 42.5 Å². The molecule has 3 aromatic rings. The van der Waals surface area contributed by atoms with Crippen LogP contribution in [-0.2, 0) is 10.0 Å². The van der Waals surface area contributed by atoms with Crippen molar-refractivity contribution in [2.45, 2.75) is 4.90 Å². The zero-order valence-corrected chi connectivity index (χ0v) is 15.9. The van der Waals surface area contributed by atoms with Crippen molar-refractivity contribution >= 4 is 27.3 Å². The highest BCUT2D eigenvalue weighted by atomic mass is 32.2. The van der Waals surface area contributed by atoms with Crippen LogP contribution in [0.1, 0.15) is 10.4 Å². The molecule has 29 heavy (non-hydrogen) atoms.